The van der Waals surface area contributed by atoms with Crippen LogP contribution in [0.25, 0.3) is 0 Å². The van der Waals surface area contributed by atoms with Crippen LogP contribution in [0.3, 0.4) is 0 Å². The molecule has 0 fully saturated rings. The monoisotopic (exact) mass is 321 g/mol. The number of rotatable bonds is 3. The summed E-state index contributed by atoms with van der Waals surface area (Å²) in [5.74, 6) is 0.357. The molecule has 0 aliphatic carbocycles. The molecular formula is C19H17N2O3+. The summed E-state index contributed by atoms with van der Waals surface area (Å²) in [6.07, 6.45) is -0.109. The van der Waals surface area contributed by atoms with Crippen LogP contribution in [0, 0.1) is 0 Å². The quantitative estimate of drug-likeness (QED) is 0.813. The smallest absolute Gasteiger partial charge is 0.469 e. The van der Waals surface area contributed by atoms with Crippen molar-refractivity contribution in [3.05, 3.63) is 65.7 Å². The van der Waals surface area contributed by atoms with Gasteiger partial charge in [0.15, 0.2) is 5.71 Å². The number of imide groups is 1. The molecule has 2 heterocycles. The van der Waals surface area contributed by atoms with Crippen LogP contribution < -0.4 is 4.74 Å². The van der Waals surface area contributed by atoms with Gasteiger partial charge < -0.3 is 4.74 Å². The Balaban J connectivity index is 1.63. The molecule has 0 saturated heterocycles. The van der Waals surface area contributed by atoms with Gasteiger partial charge in [-0.3, -0.25) is 0 Å². The molecule has 1 unspecified atom stereocenters. The Hall–Kier alpha value is -2.95. The van der Waals surface area contributed by atoms with Crippen molar-refractivity contribution < 1.29 is 18.9 Å². The number of benzene rings is 2. The van der Waals surface area contributed by atoms with E-state index in [4.69, 9.17) is 4.74 Å². The van der Waals surface area contributed by atoms with Crippen molar-refractivity contribution in [2.75, 3.05) is 13.6 Å². The van der Waals surface area contributed by atoms with Crippen molar-refractivity contribution in [2.24, 2.45) is 0 Å². The first-order chi connectivity index (χ1) is 11.7. The fourth-order valence-corrected chi connectivity index (χ4v) is 3.24. The molecule has 0 bridgehead atoms. The van der Waals surface area contributed by atoms with Gasteiger partial charge in [-0.25, -0.2) is 4.79 Å². The van der Waals surface area contributed by atoms with Crippen LogP contribution in [0.5, 0.6) is 5.75 Å². The average molecular weight is 321 g/mol. The molecule has 24 heavy (non-hydrogen) atoms. The van der Waals surface area contributed by atoms with Crippen LogP contribution in [0.4, 0.5) is 4.79 Å². The highest BCUT2D eigenvalue weighted by atomic mass is 16.5. The summed E-state index contributed by atoms with van der Waals surface area (Å²) < 4.78 is 7.33. The van der Waals surface area contributed by atoms with Crippen molar-refractivity contribution in [2.45, 2.75) is 12.5 Å². The van der Waals surface area contributed by atoms with Crippen LogP contribution >= 0.6 is 0 Å². The molecule has 2 aliphatic heterocycles. The van der Waals surface area contributed by atoms with Crippen LogP contribution in [-0.2, 0) is 11.2 Å². The first-order valence-electron chi connectivity index (χ1n) is 7.92. The van der Waals surface area contributed by atoms with Gasteiger partial charge in [0, 0.05) is 6.42 Å². The number of nitrogens with zero attached hydrogens (tertiary/aromatic N) is 2. The normalized spacial score (nSPS) is 19.2. The molecule has 5 heteroatoms. The highest BCUT2D eigenvalue weighted by Gasteiger charge is 2.52. The van der Waals surface area contributed by atoms with Gasteiger partial charge in [-0.15, -0.1) is 0 Å². The van der Waals surface area contributed by atoms with Crippen LogP contribution in [0.15, 0.2) is 54.6 Å². The van der Waals surface area contributed by atoms with Crippen LogP contribution in [0.2, 0.25) is 0 Å². The number of hydrogen-bond acceptors (Lipinski definition) is 3. The van der Waals surface area contributed by atoms with Gasteiger partial charge in [0.2, 0.25) is 0 Å². The van der Waals surface area contributed by atoms with Gasteiger partial charge in [-0.05, 0) is 17.7 Å². The van der Waals surface area contributed by atoms with Gasteiger partial charge in [-0.2, -0.15) is 14.3 Å². The minimum absolute atomic E-state index is 0.291. The third-order valence-corrected chi connectivity index (χ3v) is 4.49. The molecular weight excluding hydrogens is 304 g/mol. The number of amides is 3. The number of urea groups is 1. The molecule has 4 rings (SSSR count). The van der Waals surface area contributed by atoms with E-state index in [0.29, 0.717) is 24.4 Å². The zero-order valence-corrected chi connectivity index (χ0v) is 13.3. The van der Waals surface area contributed by atoms with Crippen molar-refractivity contribution >= 4 is 17.6 Å². The summed E-state index contributed by atoms with van der Waals surface area (Å²) in [6.45, 7) is 0.343. The standard InChI is InChI=1S/C19H17N2O3/c1-20-16-14-9-5-6-10-15(14)24-17(16)18(22)21(19(20)23)12-11-13-7-3-2-4-8-13/h2-10,17H,11-12H2,1H3/q+1. The third kappa shape index (κ3) is 2.21. The fourth-order valence-electron chi connectivity index (χ4n) is 3.24. The summed E-state index contributed by atoms with van der Waals surface area (Å²) >= 11 is 0. The Morgan fingerprint density at radius 1 is 1.04 bits per heavy atom. The van der Waals surface area contributed by atoms with Crippen molar-refractivity contribution in [3.63, 3.8) is 0 Å². The lowest BCUT2D eigenvalue weighted by atomic mass is 10.0. The van der Waals surface area contributed by atoms with Crippen LogP contribution in [0.1, 0.15) is 11.1 Å². The zero-order chi connectivity index (χ0) is 16.7. The lowest BCUT2D eigenvalue weighted by Gasteiger charge is -2.22. The van der Waals surface area contributed by atoms with Gasteiger partial charge >= 0.3 is 11.9 Å². The van der Waals surface area contributed by atoms with E-state index >= 15 is 0 Å². The third-order valence-electron chi connectivity index (χ3n) is 4.49. The second-order valence-electron chi connectivity index (χ2n) is 5.95. The molecule has 120 valence electrons. The number of carbonyl (C=O) groups excluding carboxylic acids is 2. The molecule has 0 N–H and O–H groups in total. The summed E-state index contributed by atoms with van der Waals surface area (Å²) in [7, 11) is 1.69. The largest absolute Gasteiger partial charge is 0.500 e. The summed E-state index contributed by atoms with van der Waals surface area (Å²) in [6, 6.07) is 16.9. The zero-order valence-electron chi connectivity index (χ0n) is 13.3. The minimum Gasteiger partial charge on any atom is -0.469 e. The van der Waals surface area contributed by atoms with Crippen LogP contribution in [-0.4, -0.2) is 46.8 Å². The Morgan fingerprint density at radius 2 is 1.75 bits per heavy atom. The Kier molecular flexibility index (Phi) is 3.41. The summed E-state index contributed by atoms with van der Waals surface area (Å²) in [5, 5.41) is 0. The fraction of sp³-hybridized carbons (Fsp3) is 0.211. The molecule has 2 aromatic rings. The maximum absolute atomic E-state index is 12.8. The predicted molar refractivity (Wildman–Crippen MR) is 88.4 cm³/mol. The van der Waals surface area contributed by atoms with E-state index in [2.05, 4.69) is 0 Å². The van der Waals surface area contributed by atoms with Gasteiger partial charge in [0.05, 0.1) is 12.6 Å². The Morgan fingerprint density at radius 3 is 2.54 bits per heavy atom. The van der Waals surface area contributed by atoms with E-state index in [1.165, 1.54) is 9.48 Å². The molecule has 3 amide bonds. The summed E-state index contributed by atoms with van der Waals surface area (Å²) in [5.41, 5.74) is 2.54. The SMILES string of the molecule is C[N+]1=C2c3ccccc3OC2C(=O)N(CCc2ccccc2)C1=O. The highest BCUT2D eigenvalue weighted by molar-refractivity contribution is 6.21. The van der Waals surface area contributed by atoms with E-state index in [-0.39, 0.29) is 11.9 Å². The van der Waals surface area contributed by atoms with E-state index in [9.17, 15) is 9.59 Å². The minimum atomic E-state index is -0.735. The predicted octanol–water partition coefficient (Wildman–Crippen LogP) is 2.08. The first kappa shape index (κ1) is 14.6. The van der Waals surface area contributed by atoms with Gasteiger partial charge in [0.1, 0.15) is 12.3 Å². The van der Waals surface area contributed by atoms with Gasteiger partial charge in [0.25, 0.3) is 6.10 Å². The average Bonchev–Trinajstić information content (AvgIpc) is 3.00. The molecule has 2 aromatic carbocycles. The van der Waals surface area contributed by atoms with Crippen molar-refractivity contribution in [1.29, 1.82) is 0 Å². The molecule has 0 spiro atoms. The second-order valence-corrected chi connectivity index (χ2v) is 5.95. The van der Waals surface area contributed by atoms with E-state index in [0.717, 1.165) is 11.1 Å². The first-order valence-corrected chi connectivity index (χ1v) is 7.92. The molecule has 1 atom stereocenters. The number of carbonyl (C=O) groups is 2. The molecule has 0 radical (unpaired) electrons. The van der Waals surface area contributed by atoms with Crippen molar-refractivity contribution in [3.8, 4) is 5.75 Å². The number of ether oxygens (including phenoxy) is 1. The molecule has 5 nitrogen and oxygen atoms in total. The summed E-state index contributed by atoms with van der Waals surface area (Å²) in [4.78, 5) is 26.7. The van der Waals surface area contributed by atoms with E-state index < -0.39 is 6.10 Å². The maximum atomic E-state index is 12.8. The highest BCUT2D eigenvalue weighted by Crippen LogP contribution is 2.31. The molecule has 2 aliphatic rings. The lowest BCUT2D eigenvalue weighted by molar-refractivity contribution is -0.406. The van der Waals surface area contributed by atoms with Gasteiger partial charge in [-0.1, -0.05) is 42.5 Å². The molecule has 0 aromatic heterocycles. The molecule has 0 saturated carbocycles. The van der Waals surface area contributed by atoms with E-state index in [1.807, 2.05) is 54.6 Å². The second kappa shape index (κ2) is 5.60. The maximum Gasteiger partial charge on any atom is 0.500 e. The Labute approximate surface area is 139 Å². The number of fused-ring (bicyclic) bond motifs is 3. The number of para-hydroxylation sites is 1. The van der Waals surface area contributed by atoms with E-state index in [1.54, 1.807) is 7.05 Å². The Bertz CT molecular complexity index is 858. The topological polar surface area (TPSA) is 49.6 Å². The van der Waals surface area contributed by atoms with Crippen molar-refractivity contribution in [1.82, 2.24) is 4.90 Å². The number of hydrogen-bond donors (Lipinski definition) is 0. The lowest BCUT2D eigenvalue weighted by Crippen LogP contribution is -2.57.